The number of hydrogen-bond donors (Lipinski definition) is 2. The third-order valence-corrected chi connectivity index (χ3v) is 2.41. The summed E-state index contributed by atoms with van der Waals surface area (Å²) < 4.78 is 13.1. The lowest BCUT2D eigenvalue weighted by Gasteiger charge is -2.14. The Morgan fingerprint density at radius 3 is 2.59 bits per heavy atom. The molecule has 5 heteroatoms. The predicted octanol–water partition coefficient (Wildman–Crippen LogP) is 1.48. The summed E-state index contributed by atoms with van der Waals surface area (Å²) in [7, 11) is 0. The van der Waals surface area contributed by atoms with Crippen LogP contribution in [0, 0.1) is 12.7 Å². The van der Waals surface area contributed by atoms with Crippen molar-refractivity contribution in [2.24, 2.45) is 5.84 Å². The largest absolute Gasteiger partial charge is 0.270 e. The van der Waals surface area contributed by atoms with Crippen molar-refractivity contribution in [3.05, 3.63) is 59.4 Å². The van der Waals surface area contributed by atoms with E-state index in [2.05, 4.69) is 15.4 Å². The van der Waals surface area contributed by atoms with E-state index in [9.17, 15) is 4.39 Å². The average Bonchev–Trinajstić information content (AvgIpc) is 2.33. The minimum atomic E-state index is -0.411. The quantitative estimate of drug-likeness (QED) is 0.621. The number of nitrogens with two attached hydrogens (primary N) is 1. The number of hydrazine groups is 1. The molecule has 0 aliphatic rings. The molecule has 0 aliphatic carbocycles. The predicted molar refractivity (Wildman–Crippen MR) is 62.3 cm³/mol. The molecule has 0 bridgehead atoms. The Labute approximate surface area is 98.7 Å². The molecule has 1 aromatic heterocycles. The summed E-state index contributed by atoms with van der Waals surface area (Å²) in [5.74, 6) is 5.68. The van der Waals surface area contributed by atoms with Crippen LogP contribution in [0.15, 0.2) is 36.7 Å². The number of aryl methyl sites for hydroxylation is 1. The fraction of sp³-hybridized carbons (Fsp3) is 0.167. The van der Waals surface area contributed by atoms with Crippen molar-refractivity contribution < 1.29 is 4.39 Å². The molecule has 4 nitrogen and oxygen atoms in total. The lowest BCUT2D eigenvalue weighted by Crippen LogP contribution is -2.30. The molecule has 0 amide bonds. The van der Waals surface area contributed by atoms with Gasteiger partial charge in [-0.05, 0) is 30.2 Å². The highest BCUT2D eigenvalue weighted by Crippen LogP contribution is 2.18. The summed E-state index contributed by atoms with van der Waals surface area (Å²) in [4.78, 5) is 8.36. The molecule has 2 aromatic rings. The first-order valence-corrected chi connectivity index (χ1v) is 5.21. The van der Waals surface area contributed by atoms with Gasteiger partial charge in [-0.25, -0.2) is 19.8 Å². The first-order valence-electron chi connectivity index (χ1n) is 5.21. The van der Waals surface area contributed by atoms with Gasteiger partial charge in [0, 0.05) is 12.4 Å². The Kier molecular flexibility index (Phi) is 3.41. The third kappa shape index (κ3) is 2.64. The molecule has 0 spiro atoms. The molecule has 1 aromatic carbocycles. The molecule has 0 saturated heterocycles. The van der Waals surface area contributed by atoms with Gasteiger partial charge in [0.05, 0.1) is 0 Å². The van der Waals surface area contributed by atoms with E-state index < -0.39 is 6.04 Å². The molecule has 3 N–H and O–H groups in total. The van der Waals surface area contributed by atoms with Crippen molar-refractivity contribution in [3.63, 3.8) is 0 Å². The summed E-state index contributed by atoms with van der Waals surface area (Å²) in [6, 6.07) is 5.78. The molecule has 0 radical (unpaired) electrons. The first kappa shape index (κ1) is 11.6. The normalized spacial score (nSPS) is 12.4. The Balaban J connectivity index is 2.36. The van der Waals surface area contributed by atoms with Gasteiger partial charge >= 0.3 is 0 Å². The number of halogens is 1. The van der Waals surface area contributed by atoms with Crippen molar-refractivity contribution in [1.29, 1.82) is 0 Å². The Morgan fingerprint density at radius 1 is 1.29 bits per heavy atom. The molecule has 0 fully saturated rings. The van der Waals surface area contributed by atoms with E-state index in [0.717, 1.165) is 5.56 Å². The van der Waals surface area contributed by atoms with Crippen LogP contribution in [-0.2, 0) is 0 Å². The van der Waals surface area contributed by atoms with Crippen molar-refractivity contribution in [2.75, 3.05) is 0 Å². The van der Waals surface area contributed by atoms with Crippen LogP contribution in [0.1, 0.15) is 23.0 Å². The van der Waals surface area contributed by atoms with E-state index in [0.29, 0.717) is 11.4 Å². The Morgan fingerprint density at radius 2 is 2.00 bits per heavy atom. The molecule has 1 heterocycles. The molecule has 88 valence electrons. The fourth-order valence-corrected chi connectivity index (χ4v) is 1.56. The van der Waals surface area contributed by atoms with Gasteiger partial charge in [0.2, 0.25) is 0 Å². The monoisotopic (exact) mass is 232 g/mol. The van der Waals surface area contributed by atoms with Crippen molar-refractivity contribution in [2.45, 2.75) is 13.0 Å². The van der Waals surface area contributed by atoms with Crippen LogP contribution < -0.4 is 11.3 Å². The summed E-state index contributed by atoms with van der Waals surface area (Å²) in [5.41, 5.74) is 4.24. The standard InChI is InChI=1S/C12H13FN4/c1-8-6-15-12(16-7-8)11(17-14)9-3-2-4-10(13)5-9/h2-7,11,17H,14H2,1H3. The van der Waals surface area contributed by atoms with E-state index in [-0.39, 0.29) is 5.82 Å². The summed E-state index contributed by atoms with van der Waals surface area (Å²) in [5, 5.41) is 0. The third-order valence-electron chi connectivity index (χ3n) is 2.41. The number of nitrogens with zero attached hydrogens (tertiary/aromatic N) is 2. The van der Waals surface area contributed by atoms with E-state index in [4.69, 9.17) is 5.84 Å². The number of rotatable bonds is 3. The van der Waals surface area contributed by atoms with Crippen LogP contribution in [0.25, 0.3) is 0 Å². The van der Waals surface area contributed by atoms with Crippen LogP contribution in [0.3, 0.4) is 0 Å². The second-order valence-electron chi connectivity index (χ2n) is 3.77. The number of nitrogens with one attached hydrogen (secondary N) is 1. The minimum Gasteiger partial charge on any atom is -0.270 e. The van der Waals surface area contributed by atoms with Crippen molar-refractivity contribution >= 4 is 0 Å². The van der Waals surface area contributed by atoms with Crippen molar-refractivity contribution in [3.8, 4) is 0 Å². The topological polar surface area (TPSA) is 63.8 Å². The van der Waals surface area contributed by atoms with E-state index in [1.807, 2.05) is 6.92 Å². The highest BCUT2D eigenvalue weighted by molar-refractivity contribution is 5.25. The molecular formula is C12H13FN4. The maximum atomic E-state index is 13.1. The maximum Gasteiger partial charge on any atom is 0.150 e. The maximum absolute atomic E-state index is 13.1. The summed E-state index contributed by atoms with van der Waals surface area (Å²) >= 11 is 0. The second kappa shape index (κ2) is 4.99. The molecule has 17 heavy (non-hydrogen) atoms. The molecule has 0 saturated carbocycles. The van der Waals surface area contributed by atoms with Gasteiger partial charge < -0.3 is 0 Å². The summed E-state index contributed by atoms with van der Waals surface area (Å²) in [6.07, 6.45) is 3.40. The van der Waals surface area contributed by atoms with E-state index in [1.165, 1.54) is 12.1 Å². The summed E-state index contributed by atoms with van der Waals surface area (Å²) in [6.45, 7) is 1.90. The number of aromatic nitrogens is 2. The molecule has 0 aliphatic heterocycles. The van der Waals surface area contributed by atoms with Crippen LogP contribution in [-0.4, -0.2) is 9.97 Å². The smallest absolute Gasteiger partial charge is 0.150 e. The van der Waals surface area contributed by atoms with Crippen molar-refractivity contribution in [1.82, 2.24) is 15.4 Å². The van der Waals surface area contributed by atoms with Gasteiger partial charge in [-0.3, -0.25) is 5.84 Å². The molecule has 2 rings (SSSR count). The van der Waals surface area contributed by atoms with Crippen LogP contribution in [0.5, 0.6) is 0 Å². The molecule has 1 atom stereocenters. The second-order valence-corrected chi connectivity index (χ2v) is 3.77. The first-order chi connectivity index (χ1) is 8.20. The minimum absolute atomic E-state index is 0.310. The van der Waals surface area contributed by atoms with Crippen LogP contribution in [0.4, 0.5) is 4.39 Å². The zero-order chi connectivity index (χ0) is 12.3. The highest BCUT2D eigenvalue weighted by Gasteiger charge is 2.15. The lowest BCUT2D eigenvalue weighted by atomic mass is 10.1. The van der Waals surface area contributed by atoms with Gasteiger partial charge in [0.15, 0.2) is 5.82 Å². The Hall–Kier alpha value is -1.85. The van der Waals surface area contributed by atoms with E-state index >= 15 is 0 Å². The zero-order valence-corrected chi connectivity index (χ0v) is 9.39. The molecule has 1 unspecified atom stereocenters. The lowest BCUT2D eigenvalue weighted by molar-refractivity contribution is 0.585. The molecular weight excluding hydrogens is 219 g/mol. The van der Waals surface area contributed by atoms with Gasteiger partial charge in [0.1, 0.15) is 11.9 Å². The number of benzene rings is 1. The van der Waals surface area contributed by atoms with Crippen LogP contribution in [0.2, 0.25) is 0 Å². The fourth-order valence-electron chi connectivity index (χ4n) is 1.56. The Bertz CT molecular complexity index is 498. The average molecular weight is 232 g/mol. The van der Waals surface area contributed by atoms with Gasteiger partial charge in [0.25, 0.3) is 0 Å². The zero-order valence-electron chi connectivity index (χ0n) is 9.39. The number of hydrogen-bond acceptors (Lipinski definition) is 4. The SMILES string of the molecule is Cc1cnc(C(NN)c2cccc(F)c2)nc1. The highest BCUT2D eigenvalue weighted by atomic mass is 19.1. The van der Waals surface area contributed by atoms with E-state index in [1.54, 1.807) is 24.5 Å². The van der Waals surface area contributed by atoms with Gasteiger partial charge in [-0.15, -0.1) is 0 Å². The van der Waals surface area contributed by atoms with Gasteiger partial charge in [-0.2, -0.15) is 0 Å². The van der Waals surface area contributed by atoms with Gasteiger partial charge in [-0.1, -0.05) is 12.1 Å². The van der Waals surface area contributed by atoms with Crippen LogP contribution >= 0.6 is 0 Å².